The first kappa shape index (κ1) is 21.7. The van der Waals surface area contributed by atoms with Crippen LogP contribution in [0.15, 0.2) is 72.9 Å². The van der Waals surface area contributed by atoms with Gasteiger partial charge in [0.2, 0.25) is 5.78 Å². The lowest BCUT2D eigenvalue weighted by molar-refractivity contribution is -0.135. The van der Waals surface area contributed by atoms with Crippen LogP contribution in [0.4, 0.5) is 5.82 Å². The van der Waals surface area contributed by atoms with Crippen molar-refractivity contribution in [2.75, 3.05) is 4.90 Å². The van der Waals surface area contributed by atoms with Crippen molar-refractivity contribution in [3.8, 4) is 5.75 Å². The van der Waals surface area contributed by atoms with E-state index in [1.165, 1.54) is 11.1 Å². The number of amides is 1. The first-order valence-corrected chi connectivity index (χ1v) is 10.6. The minimum absolute atomic E-state index is 0.00759. The van der Waals surface area contributed by atoms with E-state index < -0.39 is 29.4 Å². The number of pyridine rings is 1. The molecule has 1 aliphatic heterocycles. The van der Waals surface area contributed by atoms with Crippen LogP contribution in [0, 0.1) is 5.92 Å². The number of carbonyl (C=O) groups is 3. The van der Waals surface area contributed by atoms with Crippen molar-refractivity contribution in [2.24, 2.45) is 5.92 Å². The van der Waals surface area contributed by atoms with Crippen LogP contribution in [0.5, 0.6) is 5.75 Å². The maximum atomic E-state index is 13.5. The first-order valence-electron chi connectivity index (χ1n) is 10.2. The van der Waals surface area contributed by atoms with Gasteiger partial charge in [0.15, 0.2) is 5.78 Å². The Labute approximate surface area is 190 Å². The lowest BCUT2D eigenvalue weighted by Crippen LogP contribution is -2.31. The minimum atomic E-state index is -1.21. The molecule has 0 bridgehead atoms. The van der Waals surface area contributed by atoms with Crippen LogP contribution >= 0.6 is 11.6 Å². The predicted molar refractivity (Wildman–Crippen MR) is 121 cm³/mol. The Morgan fingerprint density at radius 3 is 2.28 bits per heavy atom. The molecule has 2 aromatic carbocycles. The number of aromatic nitrogens is 1. The molecule has 32 heavy (non-hydrogen) atoms. The summed E-state index contributed by atoms with van der Waals surface area (Å²) in [4.78, 5) is 45.1. The van der Waals surface area contributed by atoms with Crippen molar-refractivity contribution < 1.29 is 19.1 Å². The number of carbonyl (C=O) groups excluding carboxylic acids is 3. The van der Waals surface area contributed by atoms with E-state index in [-0.39, 0.29) is 6.10 Å². The molecule has 6 nitrogen and oxygen atoms in total. The highest BCUT2D eigenvalue weighted by molar-refractivity contribution is 6.48. The number of rotatable bonds is 6. The molecule has 0 saturated carbocycles. The van der Waals surface area contributed by atoms with Gasteiger partial charge >= 0.3 is 0 Å². The molecule has 1 aromatic heterocycles. The molecule has 0 aliphatic carbocycles. The summed E-state index contributed by atoms with van der Waals surface area (Å²) in [5.41, 5.74) is 0.950. The third-order valence-electron chi connectivity index (χ3n) is 5.21. The van der Waals surface area contributed by atoms with Gasteiger partial charge in [-0.3, -0.25) is 19.3 Å². The molecule has 1 amide bonds. The summed E-state index contributed by atoms with van der Waals surface area (Å²) >= 11 is 6.04. The molecule has 1 aliphatic rings. The van der Waals surface area contributed by atoms with Gasteiger partial charge in [-0.05, 0) is 67.9 Å². The summed E-state index contributed by atoms with van der Waals surface area (Å²) < 4.78 is 5.63. The zero-order valence-electron chi connectivity index (χ0n) is 17.6. The maximum absolute atomic E-state index is 13.5. The predicted octanol–water partition coefficient (Wildman–Crippen LogP) is 4.68. The van der Waals surface area contributed by atoms with Crippen LogP contribution in [0.25, 0.3) is 0 Å². The van der Waals surface area contributed by atoms with Crippen LogP contribution in [-0.2, 0) is 9.59 Å². The fraction of sp³-hybridized carbons (Fsp3) is 0.200. The highest BCUT2D eigenvalue weighted by Gasteiger charge is 2.52. The van der Waals surface area contributed by atoms with Gasteiger partial charge in [0.1, 0.15) is 17.5 Å². The number of ketones is 2. The van der Waals surface area contributed by atoms with Crippen molar-refractivity contribution in [3.05, 3.63) is 89.1 Å². The van der Waals surface area contributed by atoms with E-state index in [4.69, 9.17) is 16.3 Å². The van der Waals surface area contributed by atoms with Crippen molar-refractivity contribution in [3.63, 3.8) is 0 Å². The second-order valence-electron chi connectivity index (χ2n) is 7.76. The Morgan fingerprint density at radius 1 is 1.00 bits per heavy atom. The minimum Gasteiger partial charge on any atom is -0.491 e. The molecule has 3 aromatic rings. The average molecular weight is 449 g/mol. The second kappa shape index (κ2) is 8.93. The average Bonchev–Trinajstić information content (AvgIpc) is 3.05. The third-order valence-corrected chi connectivity index (χ3v) is 5.46. The summed E-state index contributed by atoms with van der Waals surface area (Å²) in [5, 5.41) is 0.511. The highest BCUT2D eigenvalue weighted by atomic mass is 35.5. The van der Waals surface area contributed by atoms with Gasteiger partial charge in [0.05, 0.1) is 12.1 Å². The SMILES string of the molecule is CC(C)Oc1ccc(C(=O)C2C(=O)C(=O)N(c3ccccn3)C2c2ccc(Cl)cc2)cc1. The second-order valence-corrected chi connectivity index (χ2v) is 8.19. The summed E-state index contributed by atoms with van der Waals surface area (Å²) in [6, 6.07) is 17.6. The smallest absolute Gasteiger partial charge is 0.297 e. The lowest BCUT2D eigenvalue weighted by atomic mass is 9.86. The van der Waals surface area contributed by atoms with E-state index in [1.807, 2.05) is 13.8 Å². The van der Waals surface area contributed by atoms with Crippen molar-refractivity contribution in [1.82, 2.24) is 4.98 Å². The summed E-state index contributed by atoms with van der Waals surface area (Å²) in [6.45, 7) is 3.82. The molecule has 0 N–H and O–H groups in total. The fourth-order valence-corrected chi connectivity index (χ4v) is 3.95. The molecule has 2 atom stereocenters. The summed E-state index contributed by atoms with van der Waals surface area (Å²) in [7, 11) is 0. The van der Waals surface area contributed by atoms with E-state index in [0.29, 0.717) is 27.7 Å². The van der Waals surface area contributed by atoms with Crippen molar-refractivity contribution in [2.45, 2.75) is 26.0 Å². The molecular weight excluding hydrogens is 428 g/mol. The van der Waals surface area contributed by atoms with Gasteiger partial charge in [-0.25, -0.2) is 4.98 Å². The molecular formula is C25H21ClN2O4. The molecule has 2 heterocycles. The normalized spacial score (nSPS) is 18.3. The topological polar surface area (TPSA) is 76.6 Å². The maximum Gasteiger partial charge on any atom is 0.297 e. The first-order chi connectivity index (χ1) is 15.4. The largest absolute Gasteiger partial charge is 0.491 e. The van der Waals surface area contributed by atoms with Gasteiger partial charge < -0.3 is 4.74 Å². The van der Waals surface area contributed by atoms with Gasteiger partial charge in [0, 0.05) is 16.8 Å². The van der Waals surface area contributed by atoms with Crippen LogP contribution in [-0.4, -0.2) is 28.6 Å². The monoisotopic (exact) mass is 448 g/mol. The Kier molecular flexibility index (Phi) is 6.06. The Morgan fingerprint density at radius 2 is 1.69 bits per heavy atom. The number of hydrogen-bond donors (Lipinski definition) is 0. The van der Waals surface area contributed by atoms with Gasteiger partial charge in [-0.15, -0.1) is 0 Å². The molecule has 1 fully saturated rings. The third kappa shape index (κ3) is 4.14. The van der Waals surface area contributed by atoms with Gasteiger partial charge in [-0.1, -0.05) is 29.8 Å². The number of hydrogen-bond acceptors (Lipinski definition) is 5. The molecule has 0 spiro atoms. The number of Topliss-reactive ketones (excluding diaryl/α,β-unsaturated/α-hetero) is 2. The van der Waals surface area contributed by atoms with Crippen molar-refractivity contribution >= 4 is 34.9 Å². The molecule has 0 radical (unpaired) electrons. The molecule has 162 valence electrons. The van der Waals surface area contributed by atoms with E-state index in [1.54, 1.807) is 66.7 Å². The molecule has 2 unspecified atom stereocenters. The van der Waals surface area contributed by atoms with Gasteiger partial charge in [-0.2, -0.15) is 0 Å². The Balaban J connectivity index is 1.76. The highest BCUT2D eigenvalue weighted by Crippen LogP contribution is 2.40. The lowest BCUT2D eigenvalue weighted by Gasteiger charge is -2.26. The Bertz CT molecular complexity index is 1140. The van der Waals surface area contributed by atoms with E-state index in [9.17, 15) is 14.4 Å². The van der Waals surface area contributed by atoms with Crippen LogP contribution in [0.1, 0.15) is 35.8 Å². The van der Waals surface area contributed by atoms with Gasteiger partial charge in [0.25, 0.3) is 5.91 Å². The van der Waals surface area contributed by atoms with Crippen LogP contribution in [0.3, 0.4) is 0 Å². The number of halogens is 1. The van der Waals surface area contributed by atoms with E-state index in [0.717, 1.165) is 0 Å². The number of benzene rings is 2. The van der Waals surface area contributed by atoms with Crippen LogP contribution in [0.2, 0.25) is 5.02 Å². The van der Waals surface area contributed by atoms with E-state index in [2.05, 4.69) is 4.98 Å². The molecule has 4 rings (SSSR count). The fourth-order valence-electron chi connectivity index (χ4n) is 3.83. The zero-order chi connectivity index (χ0) is 22.8. The number of anilines is 1. The zero-order valence-corrected chi connectivity index (χ0v) is 18.3. The standard InChI is InChI=1S/C25H21ClN2O4/c1-15(2)32-19-12-8-17(9-13-19)23(29)21-22(16-6-10-18(26)11-7-16)28(25(31)24(21)30)20-5-3-4-14-27-20/h3-15,21-22H,1-2H3. The Hall–Kier alpha value is -3.51. The summed E-state index contributed by atoms with van der Waals surface area (Å²) in [6.07, 6.45) is 1.53. The molecule has 1 saturated heterocycles. The summed E-state index contributed by atoms with van der Waals surface area (Å²) in [5.74, 6) is -2.23. The van der Waals surface area contributed by atoms with E-state index >= 15 is 0 Å². The van der Waals surface area contributed by atoms with Crippen LogP contribution < -0.4 is 9.64 Å². The quantitative estimate of drug-likeness (QED) is 0.311. The number of ether oxygens (including phenoxy) is 1. The molecule has 7 heteroatoms. The number of nitrogens with zero attached hydrogens (tertiary/aromatic N) is 2. The van der Waals surface area contributed by atoms with Crippen molar-refractivity contribution in [1.29, 1.82) is 0 Å².